The molecule has 1 heterocycles. The maximum absolute atomic E-state index is 6.64. The summed E-state index contributed by atoms with van der Waals surface area (Å²) in [5.74, 6) is 1.85. The molecule has 0 N–H and O–H groups in total. The van der Waals surface area contributed by atoms with E-state index in [1.54, 1.807) is 0 Å². The largest absolute Gasteiger partial charge is 0.312 e. The molecule has 3 heteroatoms. The zero-order chi connectivity index (χ0) is 13.8. The summed E-state index contributed by atoms with van der Waals surface area (Å²) in [7, 11) is 0. The highest BCUT2D eigenvalue weighted by atomic mass is 17.3. The predicted molar refractivity (Wildman–Crippen MR) is 75.6 cm³/mol. The Morgan fingerprint density at radius 1 is 0.750 bits per heavy atom. The van der Waals surface area contributed by atoms with Gasteiger partial charge in [0, 0.05) is 24.7 Å². The van der Waals surface area contributed by atoms with Gasteiger partial charge in [-0.3, -0.25) is 0 Å². The maximum atomic E-state index is 6.64. The minimum Gasteiger partial charge on any atom is -0.312 e. The molecule has 0 atom stereocenters. The number of rotatable bonds is 0. The quantitative estimate of drug-likeness (QED) is 0.615. The molecule has 0 unspecified atom stereocenters. The lowest BCUT2D eigenvalue weighted by atomic mass is 9.61. The van der Waals surface area contributed by atoms with Gasteiger partial charge in [-0.1, -0.05) is 20.3 Å². The van der Waals surface area contributed by atoms with E-state index in [4.69, 9.17) is 14.5 Å². The van der Waals surface area contributed by atoms with Crippen molar-refractivity contribution in [2.75, 3.05) is 0 Å². The van der Waals surface area contributed by atoms with Crippen molar-refractivity contribution in [3.05, 3.63) is 0 Å². The molecule has 3 aliphatic carbocycles. The summed E-state index contributed by atoms with van der Waals surface area (Å²) in [6.45, 7) is 4.77. The predicted octanol–water partition coefficient (Wildman–Crippen LogP) is 4.41. The second-order valence-electron chi connectivity index (χ2n) is 8.01. The van der Waals surface area contributed by atoms with Crippen molar-refractivity contribution in [3.63, 3.8) is 0 Å². The van der Waals surface area contributed by atoms with Crippen molar-refractivity contribution >= 4 is 0 Å². The van der Waals surface area contributed by atoms with E-state index in [0.29, 0.717) is 11.8 Å². The molecule has 4 fully saturated rings. The average Bonchev–Trinajstić information content (AvgIpc) is 2.74. The molecule has 114 valence electrons. The average molecular weight is 280 g/mol. The SMILES string of the molecule is CC1CC2CC(C)CC(C1)C21OOC2(CCCCC2)O1. The Labute approximate surface area is 122 Å². The van der Waals surface area contributed by atoms with E-state index in [-0.39, 0.29) is 0 Å². The molecule has 3 nitrogen and oxygen atoms in total. The molecule has 0 aromatic rings. The van der Waals surface area contributed by atoms with Crippen LogP contribution < -0.4 is 0 Å². The molecule has 0 aromatic carbocycles. The summed E-state index contributed by atoms with van der Waals surface area (Å²) in [6.07, 6.45) is 10.7. The van der Waals surface area contributed by atoms with Gasteiger partial charge in [-0.05, 0) is 50.4 Å². The first-order valence-corrected chi connectivity index (χ1v) is 8.69. The summed E-state index contributed by atoms with van der Waals surface area (Å²) in [4.78, 5) is 11.9. The lowest BCUT2D eigenvalue weighted by molar-refractivity contribution is -0.384. The van der Waals surface area contributed by atoms with E-state index in [1.165, 1.54) is 44.9 Å². The Morgan fingerprint density at radius 3 is 1.85 bits per heavy atom. The van der Waals surface area contributed by atoms with Gasteiger partial charge in [-0.15, -0.1) is 0 Å². The molecule has 4 aliphatic rings. The van der Waals surface area contributed by atoms with Crippen molar-refractivity contribution < 1.29 is 14.5 Å². The van der Waals surface area contributed by atoms with Gasteiger partial charge < -0.3 is 4.74 Å². The molecule has 2 bridgehead atoms. The summed E-state index contributed by atoms with van der Waals surface area (Å²) in [5, 5.41) is 0. The highest BCUT2D eigenvalue weighted by Crippen LogP contribution is 2.59. The van der Waals surface area contributed by atoms with Crippen molar-refractivity contribution in [1.29, 1.82) is 0 Å². The monoisotopic (exact) mass is 280 g/mol. The van der Waals surface area contributed by atoms with Gasteiger partial charge in [-0.2, -0.15) is 9.78 Å². The molecule has 0 radical (unpaired) electrons. The first-order valence-electron chi connectivity index (χ1n) is 8.69. The Morgan fingerprint density at radius 2 is 1.30 bits per heavy atom. The van der Waals surface area contributed by atoms with E-state index >= 15 is 0 Å². The highest BCUT2D eigenvalue weighted by Gasteiger charge is 2.63. The molecule has 3 saturated carbocycles. The Balaban J connectivity index is 1.60. The summed E-state index contributed by atoms with van der Waals surface area (Å²) >= 11 is 0. The van der Waals surface area contributed by atoms with Crippen LogP contribution in [0.25, 0.3) is 0 Å². The van der Waals surface area contributed by atoms with Crippen LogP contribution in [0.15, 0.2) is 0 Å². The zero-order valence-corrected chi connectivity index (χ0v) is 12.9. The standard InChI is InChI=1S/C17H28O3/c1-12-8-14-10-13(2)11-15(9-12)17(14)18-16(19-20-17)6-4-3-5-7-16/h12-15H,3-11H2,1-2H3. The van der Waals surface area contributed by atoms with Gasteiger partial charge in [-0.25, -0.2) is 0 Å². The first-order chi connectivity index (χ1) is 9.62. The van der Waals surface area contributed by atoms with Crippen molar-refractivity contribution in [1.82, 2.24) is 0 Å². The van der Waals surface area contributed by atoms with Gasteiger partial charge >= 0.3 is 0 Å². The van der Waals surface area contributed by atoms with Crippen LogP contribution in [-0.4, -0.2) is 11.6 Å². The third-order valence-corrected chi connectivity index (χ3v) is 6.17. The topological polar surface area (TPSA) is 27.7 Å². The van der Waals surface area contributed by atoms with E-state index in [2.05, 4.69) is 13.8 Å². The lowest BCUT2D eigenvalue weighted by Gasteiger charge is -2.51. The molecule has 1 saturated heterocycles. The van der Waals surface area contributed by atoms with E-state index in [9.17, 15) is 0 Å². The molecule has 1 aliphatic heterocycles. The van der Waals surface area contributed by atoms with Crippen LogP contribution >= 0.6 is 0 Å². The maximum Gasteiger partial charge on any atom is 0.210 e. The first kappa shape index (κ1) is 13.5. The summed E-state index contributed by atoms with van der Waals surface area (Å²) in [5.41, 5.74) is 0. The molecular weight excluding hydrogens is 252 g/mol. The molecule has 4 rings (SSSR count). The second kappa shape index (κ2) is 4.69. The molecule has 2 spiro atoms. The fraction of sp³-hybridized carbons (Fsp3) is 1.00. The molecule has 0 amide bonds. The normalized spacial score (nSPS) is 50.7. The molecule has 20 heavy (non-hydrogen) atoms. The van der Waals surface area contributed by atoms with Crippen LogP contribution in [0, 0.1) is 23.7 Å². The second-order valence-corrected chi connectivity index (χ2v) is 8.01. The number of ether oxygens (including phenoxy) is 1. The summed E-state index contributed by atoms with van der Waals surface area (Å²) < 4.78 is 6.64. The van der Waals surface area contributed by atoms with Crippen molar-refractivity contribution in [3.8, 4) is 0 Å². The molecule has 0 aromatic heterocycles. The third kappa shape index (κ3) is 1.97. The van der Waals surface area contributed by atoms with Crippen molar-refractivity contribution in [2.45, 2.75) is 83.2 Å². The Kier molecular flexibility index (Phi) is 3.17. The minimum absolute atomic E-state index is 0.406. The van der Waals surface area contributed by atoms with Crippen LogP contribution in [0.3, 0.4) is 0 Å². The van der Waals surface area contributed by atoms with Crippen LogP contribution in [0.5, 0.6) is 0 Å². The van der Waals surface area contributed by atoms with Crippen LogP contribution in [0.4, 0.5) is 0 Å². The lowest BCUT2D eigenvalue weighted by Crippen LogP contribution is -2.56. The van der Waals surface area contributed by atoms with Crippen LogP contribution in [0.1, 0.15) is 71.6 Å². The fourth-order valence-corrected chi connectivity index (χ4v) is 5.36. The number of hydrogen-bond donors (Lipinski definition) is 0. The molecular formula is C17H28O3. The van der Waals surface area contributed by atoms with Gasteiger partial charge in [0.25, 0.3) is 0 Å². The fourth-order valence-electron chi connectivity index (χ4n) is 5.36. The van der Waals surface area contributed by atoms with E-state index < -0.39 is 11.6 Å². The van der Waals surface area contributed by atoms with Gasteiger partial charge in [0.1, 0.15) is 0 Å². The van der Waals surface area contributed by atoms with Gasteiger partial charge in [0.2, 0.25) is 11.6 Å². The third-order valence-electron chi connectivity index (χ3n) is 6.17. The van der Waals surface area contributed by atoms with Crippen LogP contribution in [0.2, 0.25) is 0 Å². The zero-order valence-electron chi connectivity index (χ0n) is 12.9. The van der Waals surface area contributed by atoms with Crippen molar-refractivity contribution in [2.24, 2.45) is 23.7 Å². The minimum atomic E-state index is -0.407. The smallest absolute Gasteiger partial charge is 0.210 e. The number of hydrogen-bond acceptors (Lipinski definition) is 3. The highest BCUT2D eigenvalue weighted by molar-refractivity contribution is 5.00. The van der Waals surface area contributed by atoms with E-state index in [1.807, 2.05) is 0 Å². The van der Waals surface area contributed by atoms with Gasteiger partial charge in [0.15, 0.2) is 0 Å². The Bertz CT molecular complexity index is 344. The van der Waals surface area contributed by atoms with Crippen LogP contribution in [-0.2, 0) is 14.5 Å². The van der Waals surface area contributed by atoms with E-state index in [0.717, 1.165) is 24.7 Å². The summed E-state index contributed by atoms with van der Waals surface area (Å²) in [6, 6.07) is 0. The Hall–Kier alpha value is -0.120. The van der Waals surface area contributed by atoms with Gasteiger partial charge in [0.05, 0.1) is 0 Å².